The number of rotatable bonds is 15. The van der Waals surface area contributed by atoms with Crippen LogP contribution in [-0.4, -0.2) is 52.6 Å². The predicted molar refractivity (Wildman–Crippen MR) is 130 cm³/mol. The van der Waals surface area contributed by atoms with E-state index >= 15 is 0 Å². The van der Waals surface area contributed by atoms with Crippen LogP contribution in [0.2, 0.25) is 3.67 Å². The first-order valence-corrected chi connectivity index (χ1v) is 14.9. The van der Waals surface area contributed by atoms with Crippen molar-refractivity contribution in [2.45, 2.75) is 112 Å². The molecule has 1 rings (SSSR count). The van der Waals surface area contributed by atoms with Crippen LogP contribution in [0.25, 0.3) is 0 Å². The van der Waals surface area contributed by atoms with E-state index in [1.165, 1.54) is 134 Å². The van der Waals surface area contributed by atoms with E-state index in [1.807, 2.05) is 0 Å². The van der Waals surface area contributed by atoms with Crippen molar-refractivity contribution in [3.63, 3.8) is 0 Å². The molecule has 1 aromatic rings. The summed E-state index contributed by atoms with van der Waals surface area (Å²) in [6.45, 7) is 4.22. The summed E-state index contributed by atoms with van der Waals surface area (Å²) in [6.07, 6.45) is 20.7. The average molecular weight is 453 g/mol. The summed E-state index contributed by atoms with van der Waals surface area (Å²) >= 11 is 1.41. The van der Waals surface area contributed by atoms with E-state index in [2.05, 4.69) is 6.92 Å². The molecule has 0 spiro atoms. The molecule has 0 radical (unpaired) electrons. The molecule has 1 aromatic carbocycles. The third-order valence-electron chi connectivity index (χ3n) is 4.75. The van der Waals surface area contributed by atoms with Gasteiger partial charge in [0.05, 0.1) is 4.90 Å². The van der Waals surface area contributed by atoms with Gasteiger partial charge in [0.1, 0.15) is 0 Å². The standard InChI is InChI=1S/C16H33.C6H6O3S.C2H6O.Na/c1-3-5-7-9-11-13-15-16-14-12-10-8-6-4-2;7-10(8,9)6-4-2-1-3-5-6;1-2-3;/h1,3-16H2,2H3;1-5H,(H,7,8,9);3H,2H2,1H3;. The van der Waals surface area contributed by atoms with Gasteiger partial charge in [0, 0.05) is 6.61 Å². The molecule has 0 aliphatic heterocycles. The zero-order valence-electron chi connectivity index (χ0n) is 19.8. The number of aliphatic hydroxyl groups is 1. The van der Waals surface area contributed by atoms with Gasteiger partial charge in [-0.3, -0.25) is 4.55 Å². The van der Waals surface area contributed by atoms with Crippen molar-refractivity contribution >= 4 is 38.0 Å². The van der Waals surface area contributed by atoms with Crippen molar-refractivity contribution in [1.82, 2.24) is 0 Å². The van der Waals surface area contributed by atoms with Gasteiger partial charge in [-0.15, -0.1) is 0 Å². The molecule has 4 nitrogen and oxygen atoms in total. The molecule has 0 fully saturated rings. The number of hydrogen-bond donors (Lipinski definition) is 2. The van der Waals surface area contributed by atoms with Gasteiger partial charge in [0.25, 0.3) is 10.1 Å². The Hall–Kier alpha value is 0.0900. The van der Waals surface area contributed by atoms with Gasteiger partial charge >= 0.3 is 102 Å². The van der Waals surface area contributed by atoms with Crippen molar-refractivity contribution in [2.75, 3.05) is 6.61 Å². The fraction of sp³-hybridized carbons (Fsp3) is 0.750. The third kappa shape index (κ3) is 26.1. The first kappa shape index (κ1) is 32.3. The summed E-state index contributed by atoms with van der Waals surface area (Å²) in [5.74, 6) is 0. The van der Waals surface area contributed by atoms with Crippen molar-refractivity contribution in [3.05, 3.63) is 30.3 Å². The molecule has 0 aliphatic rings. The molecule has 2 N–H and O–H groups in total. The Morgan fingerprint density at radius 1 is 0.700 bits per heavy atom. The van der Waals surface area contributed by atoms with Gasteiger partial charge in [0.2, 0.25) is 0 Å². The molecule has 0 aliphatic carbocycles. The zero-order chi connectivity index (χ0) is 22.9. The van der Waals surface area contributed by atoms with Crippen LogP contribution in [0, 0.1) is 0 Å². The van der Waals surface area contributed by atoms with E-state index in [-0.39, 0.29) is 11.5 Å². The second-order valence-electron chi connectivity index (χ2n) is 7.70. The Labute approximate surface area is 204 Å². The zero-order valence-corrected chi connectivity index (χ0v) is 22.6. The molecular weight excluding hydrogens is 407 g/mol. The Morgan fingerprint density at radius 2 is 1.03 bits per heavy atom. The van der Waals surface area contributed by atoms with Gasteiger partial charge < -0.3 is 5.11 Å². The van der Waals surface area contributed by atoms with Crippen LogP contribution in [0.15, 0.2) is 35.2 Å². The SMILES string of the molecule is CCCCCCCCCCCCCCC[CH2][Na].CCO.O=S(=O)(O)c1ccccc1. The molecule has 30 heavy (non-hydrogen) atoms. The minimum atomic E-state index is -4.00. The largest absolute Gasteiger partial charge is 0.397 e. The van der Waals surface area contributed by atoms with E-state index in [0.717, 1.165) is 0 Å². The van der Waals surface area contributed by atoms with Crippen molar-refractivity contribution < 1.29 is 18.1 Å². The van der Waals surface area contributed by atoms with E-state index in [9.17, 15) is 8.42 Å². The quantitative estimate of drug-likeness (QED) is 0.171. The summed E-state index contributed by atoms with van der Waals surface area (Å²) in [5, 5.41) is 7.57. The monoisotopic (exact) mass is 452 g/mol. The van der Waals surface area contributed by atoms with Crippen molar-refractivity contribution in [1.29, 1.82) is 0 Å². The second kappa shape index (κ2) is 25.4. The van der Waals surface area contributed by atoms with Gasteiger partial charge in [-0.25, -0.2) is 0 Å². The van der Waals surface area contributed by atoms with Crippen LogP contribution in [0.1, 0.15) is 104 Å². The normalized spacial score (nSPS) is 10.6. The van der Waals surface area contributed by atoms with Crippen LogP contribution in [0.4, 0.5) is 0 Å². The van der Waals surface area contributed by atoms with Crippen molar-refractivity contribution in [2.24, 2.45) is 0 Å². The van der Waals surface area contributed by atoms with E-state index < -0.39 is 10.1 Å². The predicted octanol–water partition coefficient (Wildman–Crippen LogP) is 6.99. The summed E-state index contributed by atoms with van der Waals surface area (Å²) in [7, 11) is -4.00. The topological polar surface area (TPSA) is 74.6 Å². The van der Waals surface area contributed by atoms with Crippen LogP contribution >= 0.6 is 0 Å². The summed E-state index contributed by atoms with van der Waals surface area (Å²) < 4.78 is 30.7. The molecule has 172 valence electrons. The molecule has 0 amide bonds. The summed E-state index contributed by atoms with van der Waals surface area (Å²) in [6, 6.07) is 7.42. The third-order valence-corrected chi connectivity index (χ3v) is 6.32. The van der Waals surface area contributed by atoms with Crippen LogP contribution < -0.4 is 0 Å². The maximum absolute atomic E-state index is 10.4. The molecule has 6 heteroatoms. The Morgan fingerprint density at radius 3 is 1.30 bits per heavy atom. The Kier molecular flexibility index (Phi) is 27.3. The number of benzene rings is 1. The van der Waals surface area contributed by atoms with Gasteiger partial charge in [-0.1, -0.05) is 44.4 Å². The van der Waals surface area contributed by atoms with E-state index in [0.29, 0.717) is 0 Å². The smallest absolute Gasteiger partial charge is 0.294 e. The maximum Gasteiger partial charge on any atom is 0.294 e. The molecule has 0 bridgehead atoms. The van der Waals surface area contributed by atoms with Gasteiger partial charge in [-0.2, -0.15) is 8.42 Å². The minimum Gasteiger partial charge on any atom is -0.397 e. The first-order valence-electron chi connectivity index (χ1n) is 12.1. The summed E-state index contributed by atoms with van der Waals surface area (Å²) in [5.41, 5.74) is 0. The molecule has 0 heterocycles. The number of hydrogen-bond acceptors (Lipinski definition) is 3. The molecule has 0 saturated carbocycles. The molecular formula is C24H45NaO4S. The first-order chi connectivity index (χ1) is 14.4. The molecule has 0 saturated heterocycles. The Bertz CT molecular complexity index is 521. The number of aliphatic hydroxyl groups excluding tert-OH is 1. The van der Waals surface area contributed by atoms with Gasteiger partial charge in [0.15, 0.2) is 0 Å². The maximum atomic E-state index is 10.4. The van der Waals surface area contributed by atoms with E-state index in [1.54, 1.807) is 25.1 Å². The molecule has 0 atom stereocenters. The number of unbranched alkanes of at least 4 members (excludes halogenated alkanes) is 13. The minimum absolute atomic E-state index is 0.0741. The van der Waals surface area contributed by atoms with Crippen LogP contribution in [-0.2, 0) is 10.1 Å². The molecule has 0 aromatic heterocycles. The van der Waals surface area contributed by atoms with Crippen LogP contribution in [0.5, 0.6) is 0 Å². The summed E-state index contributed by atoms with van der Waals surface area (Å²) in [4.78, 5) is -0.0741. The fourth-order valence-corrected chi connectivity index (χ4v) is 4.04. The van der Waals surface area contributed by atoms with Crippen LogP contribution in [0.3, 0.4) is 0 Å². The van der Waals surface area contributed by atoms with Gasteiger partial charge in [-0.05, 0) is 19.1 Å². The molecule has 0 unspecified atom stereocenters. The Balaban J connectivity index is 0. The fourth-order valence-electron chi connectivity index (χ4n) is 3.04. The van der Waals surface area contributed by atoms with Crippen molar-refractivity contribution in [3.8, 4) is 0 Å². The average Bonchev–Trinajstić information content (AvgIpc) is 2.73. The second-order valence-corrected chi connectivity index (χ2v) is 10.1. The van der Waals surface area contributed by atoms with E-state index in [4.69, 9.17) is 9.66 Å².